The number of aromatic nitrogens is 2. The molecule has 156 valence electrons. The molecule has 5 nitrogen and oxygen atoms in total. The first kappa shape index (κ1) is 20.7. The molecule has 0 aliphatic carbocycles. The Balaban J connectivity index is 1.93. The highest BCUT2D eigenvalue weighted by Gasteiger charge is 2.43. The van der Waals surface area contributed by atoms with Gasteiger partial charge in [-0.1, -0.05) is 17.7 Å². The van der Waals surface area contributed by atoms with E-state index in [1.807, 2.05) is 23.1 Å². The Bertz CT molecular complexity index is 1100. The molecule has 1 aliphatic heterocycles. The molecule has 2 atom stereocenters. The molecule has 1 fully saturated rings. The van der Waals surface area contributed by atoms with Crippen LogP contribution in [0, 0.1) is 13.8 Å². The molecule has 2 N–H and O–H groups in total. The number of thiocarbonyl (C=S) groups is 1. The first-order valence-electron chi connectivity index (χ1n) is 9.97. The summed E-state index contributed by atoms with van der Waals surface area (Å²) in [5.74, 6) is 0.132. The second-order valence-corrected chi connectivity index (χ2v) is 8.74. The lowest BCUT2D eigenvalue weighted by atomic mass is 9.96. The van der Waals surface area contributed by atoms with Crippen LogP contribution in [-0.2, 0) is 0 Å². The van der Waals surface area contributed by atoms with E-state index in [4.69, 9.17) is 23.8 Å². The monoisotopic (exact) mass is 440 g/mol. The maximum Gasteiger partial charge on any atom is 0.174 e. The Morgan fingerprint density at radius 2 is 1.93 bits per heavy atom. The molecule has 0 amide bonds. The van der Waals surface area contributed by atoms with Crippen molar-refractivity contribution in [2.24, 2.45) is 0 Å². The zero-order chi connectivity index (χ0) is 21.6. The van der Waals surface area contributed by atoms with E-state index in [-0.39, 0.29) is 17.8 Å². The first-order chi connectivity index (χ1) is 14.3. The van der Waals surface area contributed by atoms with Crippen LogP contribution in [0.3, 0.4) is 0 Å². The number of nitrogens with zero attached hydrogens (tertiary/aromatic N) is 3. The first-order valence-corrected chi connectivity index (χ1v) is 10.8. The quantitative estimate of drug-likeness (QED) is 0.516. The molecular weight excluding hydrogens is 416 g/mol. The standard InChI is InChI=1S/C23H25ClN4OS/c1-13(2)27-14(3)11-17(15(27)4)22-21(18-7-5-6-10-25-18)26-23(30)28(22)19-12-16(24)8-9-20(19)29/h5-13,21-22,29H,1-4H3,(H,26,30)/t21-,22+/m0/s1. The van der Waals surface area contributed by atoms with E-state index in [1.165, 1.54) is 11.4 Å². The number of hydrogen-bond acceptors (Lipinski definition) is 3. The van der Waals surface area contributed by atoms with Crippen molar-refractivity contribution in [3.05, 3.63) is 76.3 Å². The number of benzene rings is 1. The van der Waals surface area contributed by atoms with Gasteiger partial charge in [-0.3, -0.25) is 4.98 Å². The summed E-state index contributed by atoms with van der Waals surface area (Å²) in [7, 11) is 0. The lowest BCUT2D eigenvalue weighted by molar-refractivity contribution is 0.472. The maximum absolute atomic E-state index is 10.6. The van der Waals surface area contributed by atoms with Crippen LogP contribution in [0.15, 0.2) is 48.7 Å². The Kier molecular flexibility index (Phi) is 5.47. The predicted octanol–water partition coefficient (Wildman–Crippen LogP) is 5.62. The number of rotatable bonds is 4. The fourth-order valence-corrected chi connectivity index (χ4v) is 5.02. The smallest absolute Gasteiger partial charge is 0.174 e. The Morgan fingerprint density at radius 3 is 2.57 bits per heavy atom. The van der Waals surface area contributed by atoms with Gasteiger partial charge in [0.05, 0.1) is 23.5 Å². The molecule has 0 unspecified atom stereocenters. The van der Waals surface area contributed by atoms with Gasteiger partial charge in [0.25, 0.3) is 0 Å². The Labute approximate surface area is 187 Å². The fraction of sp³-hybridized carbons (Fsp3) is 0.304. The van der Waals surface area contributed by atoms with Crippen molar-refractivity contribution in [1.29, 1.82) is 0 Å². The van der Waals surface area contributed by atoms with E-state index >= 15 is 0 Å². The van der Waals surface area contributed by atoms with Gasteiger partial charge in [0.1, 0.15) is 5.75 Å². The zero-order valence-corrected chi connectivity index (χ0v) is 19.0. The molecule has 30 heavy (non-hydrogen) atoms. The molecule has 3 heterocycles. The van der Waals surface area contributed by atoms with Crippen LogP contribution < -0.4 is 10.2 Å². The van der Waals surface area contributed by atoms with Crippen LogP contribution in [0.5, 0.6) is 5.75 Å². The van der Waals surface area contributed by atoms with Crippen LogP contribution in [0.1, 0.15) is 54.6 Å². The second kappa shape index (κ2) is 7.93. The number of phenols is 1. The van der Waals surface area contributed by atoms with Gasteiger partial charge >= 0.3 is 0 Å². The minimum atomic E-state index is -0.185. The van der Waals surface area contributed by atoms with Crippen molar-refractivity contribution in [1.82, 2.24) is 14.9 Å². The third kappa shape index (κ3) is 3.44. The van der Waals surface area contributed by atoms with Crippen molar-refractivity contribution in [2.75, 3.05) is 4.90 Å². The van der Waals surface area contributed by atoms with Crippen molar-refractivity contribution in [3.8, 4) is 5.75 Å². The Hall–Kier alpha value is -2.57. The molecule has 4 rings (SSSR count). The number of halogens is 1. The Morgan fingerprint density at radius 1 is 1.17 bits per heavy atom. The number of aromatic hydroxyl groups is 1. The zero-order valence-electron chi connectivity index (χ0n) is 17.4. The third-order valence-corrected chi connectivity index (χ3v) is 6.20. The molecule has 7 heteroatoms. The molecule has 3 aromatic rings. The van der Waals surface area contributed by atoms with Crippen LogP contribution in [0.25, 0.3) is 0 Å². The van der Waals surface area contributed by atoms with E-state index in [1.54, 1.807) is 24.4 Å². The number of phenolic OH excluding ortho intramolecular Hbond substituents is 1. The van der Waals surface area contributed by atoms with Crippen molar-refractivity contribution < 1.29 is 5.11 Å². The summed E-state index contributed by atoms with van der Waals surface area (Å²) in [6.07, 6.45) is 1.79. The molecule has 0 radical (unpaired) electrons. The van der Waals surface area contributed by atoms with Crippen molar-refractivity contribution in [2.45, 2.75) is 45.8 Å². The van der Waals surface area contributed by atoms with Crippen LogP contribution in [-0.4, -0.2) is 19.8 Å². The van der Waals surface area contributed by atoms with E-state index in [0.29, 0.717) is 21.9 Å². The molecule has 0 saturated carbocycles. The summed E-state index contributed by atoms with van der Waals surface area (Å²) in [5, 5.41) is 15.1. The average molecular weight is 441 g/mol. The van der Waals surface area contributed by atoms with Gasteiger partial charge in [0.15, 0.2) is 5.11 Å². The summed E-state index contributed by atoms with van der Waals surface area (Å²) in [4.78, 5) is 6.55. The summed E-state index contributed by atoms with van der Waals surface area (Å²) in [6.45, 7) is 8.61. The van der Waals surface area contributed by atoms with Crippen LogP contribution >= 0.6 is 23.8 Å². The molecule has 1 aliphatic rings. The van der Waals surface area contributed by atoms with E-state index < -0.39 is 0 Å². The molecule has 1 aromatic carbocycles. The highest BCUT2D eigenvalue weighted by Crippen LogP contribution is 2.46. The van der Waals surface area contributed by atoms with Gasteiger partial charge in [-0.05, 0) is 81.9 Å². The molecule has 0 spiro atoms. The van der Waals surface area contributed by atoms with Crippen molar-refractivity contribution in [3.63, 3.8) is 0 Å². The summed E-state index contributed by atoms with van der Waals surface area (Å²) in [5.41, 5.74) is 4.97. The minimum absolute atomic E-state index is 0.132. The number of nitrogens with one attached hydrogen (secondary N) is 1. The number of anilines is 1. The number of hydrogen-bond donors (Lipinski definition) is 2. The van der Waals surface area contributed by atoms with Gasteiger partial charge in [0.2, 0.25) is 0 Å². The summed E-state index contributed by atoms with van der Waals surface area (Å²) < 4.78 is 2.32. The SMILES string of the molecule is Cc1cc([C@@H]2[C@H](c3ccccn3)NC(=S)N2c2cc(Cl)ccc2O)c(C)n1C(C)C. The summed E-state index contributed by atoms with van der Waals surface area (Å²) in [6, 6.07) is 13.1. The largest absolute Gasteiger partial charge is 0.506 e. The van der Waals surface area contributed by atoms with E-state index in [0.717, 1.165) is 11.3 Å². The second-order valence-electron chi connectivity index (χ2n) is 7.92. The van der Waals surface area contributed by atoms with Gasteiger partial charge in [-0.25, -0.2) is 0 Å². The van der Waals surface area contributed by atoms with Gasteiger partial charge in [0, 0.05) is 28.6 Å². The highest BCUT2D eigenvalue weighted by molar-refractivity contribution is 7.80. The van der Waals surface area contributed by atoms with Gasteiger partial charge in [-0.15, -0.1) is 0 Å². The number of pyridine rings is 1. The molecule has 1 saturated heterocycles. The topological polar surface area (TPSA) is 53.3 Å². The van der Waals surface area contributed by atoms with Gasteiger partial charge < -0.3 is 19.9 Å². The maximum atomic E-state index is 10.6. The fourth-order valence-electron chi connectivity index (χ4n) is 4.52. The lowest BCUT2D eigenvalue weighted by Crippen LogP contribution is -2.29. The molecule has 0 bridgehead atoms. The molecule has 2 aromatic heterocycles. The predicted molar refractivity (Wildman–Crippen MR) is 125 cm³/mol. The average Bonchev–Trinajstić information content (AvgIpc) is 3.20. The summed E-state index contributed by atoms with van der Waals surface area (Å²) >= 11 is 12.0. The minimum Gasteiger partial charge on any atom is -0.506 e. The number of aryl methyl sites for hydroxylation is 1. The van der Waals surface area contributed by atoms with E-state index in [9.17, 15) is 5.11 Å². The third-order valence-electron chi connectivity index (χ3n) is 5.65. The van der Waals surface area contributed by atoms with Crippen molar-refractivity contribution >= 4 is 34.6 Å². The normalized spacial score (nSPS) is 18.9. The lowest BCUT2D eigenvalue weighted by Gasteiger charge is -2.29. The van der Waals surface area contributed by atoms with Crippen LogP contribution in [0.2, 0.25) is 5.02 Å². The van der Waals surface area contributed by atoms with Crippen LogP contribution in [0.4, 0.5) is 5.69 Å². The highest BCUT2D eigenvalue weighted by atomic mass is 35.5. The van der Waals surface area contributed by atoms with E-state index in [2.05, 4.69) is 48.6 Å². The molecular formula is C23H25ClN4OS. The van der Waals surface area contributed by atoms with Gasteiger partial charge in [-0.2, -0.15) is 0 Å².